The summed E-state index contributed by atoms with van der Waals surface area (Å²) in [5.41, 5.74) is 7.95. The van der Waals surface area contributed by atoms with Gasteiger partial charge in [-0.2, -0.15) is 0 Å². The van der Waals surface area contributed by atoms with Gasteiger partial charge in [-0.25, -0.2) is 0 Å². The maximum Gasteiger partial charge on any atom is 0.0476 e. The van der Waals surface area contributed by atoms with Gasteiger partial charge in [0.1, 0.15) is 0 Å². The molecule has 0 saturated heterocycles. The van der Waals surface area contributed by atoms with E-state index in [1.807, 2.05) is 0 Å². The molecule has 3 rings (SSSR count). The van der Waals surface area contributed by atoms with Crippen molar-refractivity contribution in [3.8, 4) is 0 Å². The molecule has 1 heterocycles. The average Bonchev–Trinajstić information content (AvgIpc) is 2.46. The minimum Gasteiger partial charge on any atom is -0.341 e. The van der Waals surface area contributed by atoms with Gasteiger partial charge in [0.05, 0.1) is 0 Å². The number of fused-ring (bicyclic) bond motifs is 1. The van der Waals surface area contributed by atoms with Crippen molar-refractivity contribution in [1.29, 1.82) is 0 Å². The number of aryl methyl sites for hydroxylation is 3. The molecule has 1 nitrogen and oxygen atoms in total. The molecular formula is C18H20ClN. The molecule has 0 spiro atoms. The van der Waals surface area contributed by atoms with E-state index in [1.54, 1.807) is 0 Å². The average molecular weight is 286 g/mol. The second kappa shape index (κ2) is 5.49. The summed E-state index contributed by atoms with van der Waals surface area (Å²) in [6.07, 6.45) is 2.40. The second-order valence-electron chi connectivity index (χ2n) is 5.63. The molecule has 0 unspecified atom stereocenters. The summed E-state index contributed by atoms with van der Waals surface area (Å²) >= 11 is 5.96. The number of rotatable bonds is 2. The Morgan fingerprint density at radius 1 is 1.10 bits per heavy atom. The van der Waals surface area contributed by atoms with E-state index in [4.69, 9.17) is 11.6 Å². The Labute approximate surface area is 126 Å². The number of hydrogen-bond acceptors (Lipinski definition) is 1. The van der Waals surface area contributed by atoms with Crippen molar-refractivity contribution in [3.05, 3.63) is 58.7 Å². The van der Waals surface area contributed by atoms with Crippen LogP contribution in [-0.2, 0) is 12.3 Å². The predicted octanol–water partition coefficient (Wildman–Crippen LogP) is 5.13. The third kappa shape index (κ3) is 2.43. The number of anilines is 2. The first-order valence-electron chi connectivity index (χ1n) is 7.21. The molecule has 0 aromatic heterocycles. The molecule has 1 aliphatic rings. The first-order chi connectivity index (χ1) is 9.69. The van der Waals surface area contributed by atoms with Crippen molar-refractivity contribution in [2.45, 2.75) is 32.6 Å². The molecule has 104 valence electrons. The highest BCUT2D eigenvalue weighted by molar-refractivity contribution is 6.17. The van der Waals surface area contributed by atoms with Gasteiger partial charge in [0.25, 0.3) is 0 Å². The zero-order valence-corrected chi connectivity index (χ0v) is 12.9. The highest BCUT2D eigenvalue weighted by atomic mass is 35.5. The van der Waals surface area contributed by atoms with Gasteiger partial charge >= 0.3 is 0 Å². The van der Waals surface area contributed by atoms with Gasteiger partial charge in [0.15, 0.2) is 0 Å². The molecule has 2 aromatic carbocycles. The maximum absolute atomic E-state index is 5.96. The highest BCUT2D eigenvalue weighted by Gasteiger charge is 2.18. The molecule has 2 aromatic rings. The van der Waals surface area contributed by atoms with Crippen molar-refractivity contribution in [2.24, 2.45) is 0 Å². The lowest BCUT2D eigenvalue weighted by Gasteiger charge is -2.32. The van der Waals surface area contributed by atoms with Crippen LogP contribution < -0.4 is 4.90 Å². The lowest BCUT2D eigenvalue weighted by molar-refractivity contribution is 0.765. The zero-order chi connectivity index (χ0) is 14.1. The minimum atomic E-state index is 0.585. The lowest BCUT2D eigenvalue weighted by Crippen LogP contribution is -2.24. The van der Waals surface area contributed by atoms with Crippen LogP contribution in [0, 0.1) is 13.8 Å². The van der Waals surface area contributed by atoms with Gasteiger partial charge in [0, 0.05) is 23.8 Å². The molecule has 2 heteroatoms. The summed E-state index contributed by atoms with van der Waals surface area (Å²) < 4.78 is 0. The molecule has 1 aliphatic heterocycles. The van der Waals surface area contributed by atoms with E-state index in [0.29, 0.717) is 5.88 Å². The van der Waals surface area contributed by atoms with Gasteiger partial charge in [-0.05, 0) is 61.6 Å². The van der Waals surface area contributed by atoms with Crippen molar-refractivity contribution >= 4 is 23.0 Å². The summed E-state index contributed by atoms with van der Waals surface area (Å²) in [6.45, 7) is 5.40. The SMILES string of the molecule is Cc1ccc2c(c1)CCCN2c1ccc(CCl)c(C)c1. The van der Waals surface area contributed by atoms with Crippen LogP contribution in [0.3, 0.4) is 0 Å². The van der Waals surface area contributed by atoms with E-state index in [1.165, 1.54) is 46.5 Å². The molecule has 0 radical (unpaired) electrons. The normalized spacial score (nSPS) is 14.2. The highest BCUT2D eigenvalue weighted by Crippen LogP contribution is 2.34. The van der Waals surface area contributed by atoms with Crippen LogP contribution in [0.2, 0.25) is 0 Å². The molecule has 0 atom stereocenters. The monoisotopic (exact) mass is 285 g/mol. The number of halogens is 1. The number of nitrogens with zero attached hydrogens (tertiary/aromatic N) is 1. The van der Waals surface area contributed by atoms with Crippen LogP contribution in [0.25, 0.3) is 0 Å². The molecule has 0 amide bonds. The predicted molar refractivity (Wildman–Crippen MR) is 87.2 cm³/mol. The van der Waals surface area contributed by atoms with Crippen molar-refractivity contribution < 1.29 is 0 Å². The molecular weight excluding hydrogens is 266 g/mol. The summed E-state index contributed by atoms with van der Waals surface area (Å²) in [4.78, 5) is 2.43. The Morgan fingerprint density at radius 2 is 1.95 bits per heavy atom. The van der Waals surface area contributed by atoms with Gasteiger partial charge in [-0.3, -0.25) is 0 Å². The largest absolute Gasteiger partial charge is 0.341 e. The smallest absolute Gasteiger partial charge is 0.0476 e. The van der Waals surface area contributed by atoms with Crippen LogP contribution >= 0.6 is 11.6 Å². The van der Waals surface area contributed by atoms with Crippen LogP contribution in [0.4, 0.5) is 11.4 Å². The topological polar surface area (TPSA) is 3.24 Å². The molecule has 0 N–H and O–H groups in total. The standard InChI is InChI=1S/C18H20ClN/c1-13-5-8-18-15(10-13)4-3-9-20(18)17-7-6-16(12-19)14(2)11-17/h5-8,10-11H,3-4,9,12H2,1-2H3. The maximum atomic E-state index is 5.96. The van der Waals surface area contributed by atoms with Gasteiger partial charge < -0.3 is 4.90 Å². The Hall–Kier alpha value is -1.47. The van der Waals surface area contributed by atoms with E-state index in [2.05, 4.69) is 55.1 Å². The third-order valence-corrected chi connectivity index (χ3v) is 4.42. The summed E-state index contributed by atoms with van der Waals surface area (Å²) in [5.74, 6) is 0.585. The van der Waals surface area contributed by atoms with E-state index >= 15 is 0 Å². The number of alkyl halides is 1. The molecule has 0 fully saturated rings. The van der Waals surface area contributed by atoms with Crippen molar-refractivity contribution in [2.75, 3.05) is 11.4 Å². The van der Waals surface area contributed by atoms with Crippen molar-refractivity contribution in [1.82, 2.24) is 0 Å². The van der Waals surface area contributed by atoms with Crippen LogP contribution in [0.15, 0.2) is 36.4 Å². The number of hydrogen-bond donors (Lipinski definition) is 0. The van der Waals surface area contributed by atoms with Gasteiger partial charge in [-0.1, -0.05) is 23.8 Å². The van der Waals surface area contributed by atoms with Crippen LogP contribution in [-0.4, -0.2) is 6.54 Å². The fourth-order valence-electron chi connectivity index (χ4n) is 2.99. The summed E-state index contributed by atoms with van der Waals surface area (Å²) in [6, 6.07) is 13.4. The molecule has 20 heavy (non-hydrogen) atoms. The van der Waals surface area contributed by atoms with E-state index in [-0.39, 0.29) is 0 Å². The summed E-state index contributed by atoms with van der Waals surface area (Å²) in [5, 5.41) is 0. The molecule has 0 bridgehead atoms. The first kappa shape index (κ1) is 13.5. The Bertz CT molecular complexity index is 633. The van der Waals surface area contributed by atoms with E-state index < -0.39 is 0 Å². The Morgan fingerprint density at radius 3 is 2.70 bits per heavy atom. The number of benzene rings is 2. The van der Waals surface area contributed by atoms with Crippen LogP contribution in [0.1, 0.15) is 28.7 Å². The van der Waals surface area contributed by atoms with Gasteiger partial charge in [0.2, 0.25) is 0 Å². The van der Waals surface area contributed by atoms with E-state index in [0.717, 1.165) is 6.54 Å². The zero-order valence-electron chi connectivity index (χ0n) is 12.1. The van der Waals surface area contributed by atoms with Gasteiger partial charge in [-0.15, -0.1) is 11.6 Å². The quantitative estimate of drug-likeness (QED) is 0.692. The van der Waals surface area contributed by atoms with Crippen LogP contribution in [0.5, 0.6) is 0 Å². The lowest BCUT2D eigenvalue weighted by atomic mass is 9.98. The second-order valence-corrected chi connectivity index (χ2v) is 5.90. The third-order valence-electron chi connectivity index (χ3n) is 4.14. The Kier molecular flexibility index (Phi) is 3.71. The molecule has 0 aliphatic carbocycles. The molecule has 0 saturated carbocycles. The fraction of sp³-hybridized carbons (Fsp3) is 0.333. The fourth-order valence-corrected chi connectivity index (χ4v) is 3.29. The van der Waals surface area contributed by atoms with E-state index in [9.17, 15) is 0 Å². The Balaban J connectivity index is 2.02. The summed E-state index contributed by atoms with van der Waals surface area (Å²) in [7, 11) is 0. The van der Waals surface area contributed by atoms with Crippen molar-refractivity contribution in [3.63, 3.8) is 0 Å². The minimum absolute atomic E-state index is 0.585. The first-order valence-corrected chi connectivity index (χ1v) is 7.75.